The molecule has 0 bridgehead atoms. The van der Waals surface area contributed by atoms with Gasteiger partial charge in [-0.05, 0) is 37.2 Å². The van der Waals surface area contributed by atoms with Gasteiger partial charge in [-0.2, -0.15) is 0 Å². The van der Waals surface area contributed by atoms with Crippen molar-refractivity contribution in [3.05, 3.63) is 35.9 Å². The molecular weight excluding hydrogens is 246 g/mol. The minimum atomic E-state index is 0.317. The Balaban J connectivity index is 1.96. The number of nitrogens with one attached hydrogen (secondary N) is 1. The Morgan fingerprint density at radius 3 is 2.45 bits per heavy atom. The molecule has 1 aliphatic rings. The third kappa shape index (κ3) is 4.92. The summed E-state index contributed by atoms with van der Waals surface area (Å²) in [4.78, 5) is 0. The summed E-state index contributed by atoms with van der Waals surface area (Å²) >= 11 is 0. The van der Waals surface area contributed by atoms with E-state index in [1.54, 1.807) is 0 Å². The van der Waals surface area contributed by atoms with Gasteiger partial charge in [-0.3, -0.25) is 0 Å². The maximum atomic E-state index is 5.92. The van der Waals surface area contributed by atoms with Crippen LogP contribution in [-0.4, -0.2) is 18.8 Å². The second kappa shape index (κ2) is 6.73. The molecule has 20 heavy (non-hydrogen) atoms. The van der Waals surface area contributed by atoms with Crippen molar-refractivity contribution in [1.29, 1.82) is 0 Å². The molecule has 1 aliphatic heterocycles. The van der Waals surface area contributed by atoms with Crippen LogP contribution >= 0.6 is 0 Å². The molecule has 112 valence electrons. The van der Waals surface area contributed by atoms with Crippen LogP contribution in [0.4, 0.5) is 0 Å². The van der Waals surface area contributed by atoms with Crippen molar-refractivity contribution in [3.63, 3.8) is 0 Å². The third-order valence-electron chi connectivity index (χ3n) is 3.93. The molecule has 1 saturated heterocycles. The summed E-state index contributed by atoms with van der Waals surface area (Å²) in [6, 6.07) is 11.2. The smallest absolute Gasteiger partial charge is 0.0704 e. The predicted molar refractivity (Wildman–Crippen MR) is 84.8 cm³/mol. The second-order valence-electron chi connectivity index (χ2n) is 7.28. The van der Waals surface area contributed by atoms with Gasteiger partial charge in [0.2, 0.25) is 0 Å². The van der Waals surface area contributed by atoms with Crippen LogP contribution in [0.3, 0.4) is 0 Å². The van der Waals surface area contributed by atoms with Crippen molar-refractivity contribution in [2.45, 2.75) is 65.2 Å². The van der Waals surface area contributed by atoms with Crippen LogP contribution in [0.25, 0.3) is 0 Å². The van der Waals surface area contributed by atoms with Gasteiger partial charge < -0.3 is 10.1 Å². The molecule has 0 spiro atoms. The Labute approximate surface area is 123 Å². The second-order valence-corrected chi connectivity index (χ2v) is 7.28. The summed E-state index contributed by atoms with van der Waals surface area (Å²) in [6.45, 7) is 10.0. The molecule has 2 rings (SSSR count). The van der Waals surface area contributed by atoms with Crippen LogP contribution in [0.2, 0.25) is 0 Å². The zero-order chi connectivity index (χ0) is 14.6. The molecule has 1 heterocycles. The van der Waals surface area contributed by atoms with E-state index in [1.165, 1.54) is 18.4 Å². The van der Waals surface area contributed by atoms with Crippen molar-refractivity contribution in [2.75, 3.05) is 6.54 Å². The fourth-order valence-electron chi connectivity index (χ4n) is 2.91. The highest BCUT2D eigenvalue weighted by Gasteiger charge is 2.24. The monoisotopic (exact) mass is 275 g/mol. The lowest BCUT2D eigenvalue weighted by Gasteiger charge is -2.28. The fraction of sp³-hybridized carbons (Fsp3) is 0.667. The van der Waals surface area contributed by atoms with Crippen LogP contribution in [0.15, 0.2) is 30.3 Å². The largest absolute Gasteiger partial charge is 0.374 e. The first-order valence-electron chi connectivity index (χ1n) is 7.88. The molecule has 1 fully saturated rings. The van der Waals surface area contributed by atoms with Gasteiger partial charge >= 0.3 is 0 Å². The topological polar surface area (TPSA) is 21.3 Å². The molecule has 2 nitrogen and oxygen atoms in total. The summed E-state index contributed by atoms with van der Waals surface area (Å²) in [7, 11) is 0. The maximum absolute atomic E-state index is 5.92. The predicted octanol–water partition coefficient (Wildman–Crippen LogP) is 4.32. The lowest BCUT2D eigenvalue weighted by atomic mass is 9.85. The number of hydrogen-bond acceptors (Lipinski definition) is 2. The first kappa shape index (κ1) is 15.5. The number of benzene rings is 1. The highest BCUT2D eigenvalue weighted by Crippen LogP contribution is 2.29. The van der Waals surface area contributed by atoms with E-state index in [9.17, 15) is 0 Å². The minimum absolute atomic E-state index is 0.317. The first-order valence-corrected chi connectivity index (χ1v) is 7.88. The average Bonchev–Trinajstić information content (AvgIpc) is 2.80. The van der Waals surface area contributed by atoms with E-state index < -0.39 is 0 Å². The van der Waals surface area contributed by atoms with Gasteiger partial charge in [-0.15, -0.1) is 0 Å². The lowest BCUT2D eigenvalue weighted by molar-refractivity contribution is 0.0533. The van der Waals surface area contributed by atoms with E-state index >= 15 is 0 Å². The van der Waals surface area contributed by atoms with E-state index in [0.717, 1.165) is 13.0 Å². The van der Waals surface area contributed by atoms with Gasteiger partial charge in [0.15, 0.2) is 0 Å². The lowest BCUT2D eigenvalue weighted by Crippen LogP contribution is -2.32. The molecule has 2 heteroatoms. The number of hydrogen-bond donors (Lipinski definition) is 1. The average molecular weight is 275 g/mol. The number of ether oxygens (including phenoxy) is 1. The molecule has 0 aromatic heterocycles. The van der Waals surface area contributed by atoms with Crippen LogP contribution in [0, 0.1) is 5.41 Å². The SMILES string of the molecule is CC1CCC(CNC(CC(C)(C)C)c2ccccc2)O1. The van der Waals surface area contributed by atoms with Crippen molar-refractivity contribution >= 4 is 0 Å². The Morgan fingerprint density at radius 2 is 1.90 bits per heavy atom. The fourth-order valence-corrected chi connectivity index (χ4v) is 2.91. The first-order chi connectivity index (χ1) is 9.44. The standard InChI is InChI=1S/C18H29NO/c1-14-10-11-16(20-14)13-19-17(12-18(2,3)4)15-8-6-5-7-9-15/h5-9,14,16-17,19H,10-13H2,1-4H3. The van der Waals surface area contributed by atoms with Gasteiger partial charge in [-0.1, -0.05) is 51.1 Å². The summed E-state index contributed by atoms with van der Waals surface area (Å²) in [5, 5.41) is 3.73. The van der Waals surface area contributed by atoms with Crippen LogP contribution in [0.5, 0.6) is 0 Å². The Kier molecular flexibility index (Phi) is 5.22. The minimum Gasteiger partial charge on any atom is -0.374 e. The van der Waals surface area contributed by atoms with Gasteiger partial charge in [0.25, 0.3) is 0 Å². The van der Waals surface area contributed by atoms with Crippen molar-refractivity contribution in [1.82, 2.24) is 5.32 Å². The Morgan fingerprint density at radius 1 is 1.20 bits per heavy atom. The normalized spacial score (nSPS) is 24.8. The highest BCUT2D eigenvalue weighted by molar-refractivity contribution is 5.19. The maximum Gasteiger partial charge on any atom is 0.0704 e. The van der Waals surface area contributed by atoms with Gasteiger partial charge in [0.05, 0.1) is 12.2 Å². The van der Waals surface area contributed by atoms with Gasteiger partial charge in [0, 0.05) is 12.6 Å². The summed E-state index contributed by atoms with van der Waals surface area (Å²) in [6.07, 6.45) is 4.34. The van der Waals surface area contributed by atoms with Crippen molar-refractivity contribution in [2.24, 2.45) is 5.41 Å². The Bertz CT molecular complexity index is 396. The number of rotatable bonds is 5. The quantitative estimate of drug-likeness (QED) is 0.864. The van der Waals surface area contributed by atoms with Crippen molar-refractivity contribution < 1.29 is 4.74 Å². The summed E-state index contributed by atoms with van der Waals surface area (Å²) in [5.41, 5.74) is 1.70. The van der Waals surface area contributed by atoms with Gasteiger partial charge in [0.1, 0.15) is 0 Å². The molecule has 0 saturated carbocycles. The van der Waals surface area contributed by atoms with Crippen LogP contribution in [0.1, 0.15) is 58.6 Å². The van der Waals surface area contributed by atoms with E-state index in [2.05, 4.69) is 63.3 Å². The summed E-state index contributed by atoms with van der Waals surface area (Å²) in [5.74, 6) is 0. The molecule has 0 aliphatic carbocycles. The molecule has 1 aromatic rings. The molecular formula is C18H29NO. The zero-order valence-corrected chi connectivity index (χ0v) is 13.4. The van der Waals surface area contributed by atoms with Crippen LogP contribution in [-0.2, 0) is 4.74 Å². The van der Waals surface area contributed by atoms with E-state index in [0.29, 0.717) is 23.7 Å². The van der Waals surface area contributed by atoms with E-state index in [1.807, 2.05) is 0 Å². The highest BCUT2D eigenvalue weighted by atomic mass is 16.5. The van der Waals surface area contributed by atoms with Crippen LogP contribution < -0.4 is 5.32 Å². The molecule has 1 N–H and O–H groups in total. The Hall–Kier alpha value is -0.860. The van der Waals surface area contributed by atoms with E-state index in [4.69, 9.17) is 4.74 Å². The molecule has 1 aromatic carbocycles. The summed E-state index contributed by atoms with van der Waals surface area (Å²) < 4.78 is 5.92. The molecule has 0 amide bonds. The van der Waals surface area contributed by atoms with Gasteiger partial charge in [-0.25, -0.2) is 0 Å². The van der Waals surface area contributed by atoms with E-state index in [-0.39, 0.29) is 0 Å². The zero-order valence-electron chi connectivity index (χ0n) is 13.4. The molecule has 3 unspecified atom stereocenters. The third-order valence-corrected chi connectivity index (χ3v) is 3.93. The van der Waals surface area contributed by atoms with Crippen molar-refractivity contribution in [3.8, 4) is 0 Å². The molecule has 0 radical (unpaired) electrons. The molecule has 3 atom stereocenters.